The summed E-state index contributed by atoms with van der Waals surface area (Å²) < 4.78 is 0. The van der Waals surface area contributed by atoms with Gasteiger partial charge < -0.3 is 9.80 Å². The molecule has 0 bridgehead atoms. The van der Waals surface area contributed by atoms with E-state index < -0.39 is 0 Å². The molecule has 0 radical (unpaired) electrons. The van der Waals surface area contributed by atoms with Crippen LogP contribution in [0.2, 0.25) is 0 Å². The number of carbonyl (C=O) groups excluding carboxylic acids is 1. The minimum Gasteiger partial charge on any atom is -0.356 e. The SMILES string of the molecule is Cc1ncnc(N2CCCC3(CCC(=O)N(Cc4ccccc4)C3)C2)c1C. The lowest BCUT2D eigenvalue weighted by atomic mass is 9.73. The van der Waals surface area contributed by atoms with Gasteiger partial charge in [-0.05, 0) is 38.7 Å². The van der Waals surface area contributed by atoms with Crippen LogP contribution >= 0.6 is 0 Å². The molecule has 3 heterocycles. The number of benzene rings is 1. The summed E-state index contributed by atoms with van der Waals surface area (Å²) in [7, 11) is 0. The van der Waals surface area contributed by atoms with Gasteiger partial charge >= 0.3 is 0 Å². The summed E-state index contributed by atoms with van der Waals surface area (Å²) in [5.41, 5.74) is 3.59. The molecule has 1 amide bonds. The minimum atomic E-state index is 0.173. The molecule has 2 saturated heterocycles. The molecule has 1 atom stereocenters. The number of likely N-dealkylation sites (tertiary alicyclic amines) is 1. The molecular formula is C22H28N4O. The maximum atomic E-state index is 12.6. The molecule has 0 N–H and O–H groups in total. The van der Waals surface area contributed by atoms with Crippen LogP contribution in [0.3, 0.4) is 0 Å². The second kappa shape index (κ2) is 7.29. The summed E-state index contributed by atoms with van der Waals surface area (Å²) in [6.45, 7) is 7.72. The van der Waals surface area contributed by atoms with Crippen molar-refractivity contribution in [3.05, 3.63) is 53.5 Å². The van der Waals surface area contributed by atoms with Gasteiger partial charge in [0, 0.05) is 49.3 Å². The second-order valence-electron chi connectivity index (χ2n) is 8.17. The third kappa shape index (κ3) is 3.68. The average molecular weight is 364 g/mol. The Kier molecular flexibility index (Phi) is 4.85. The van der Waals surface area contributed by atoms with E-state index in [1.54, 1.807) is 6.33 Å². The standard InChI is InChI=1S/C22H28N4O/c1-17-18(2)23-16-24-21(17)25-12-6-10-22(14-25)11-9-20(27)26(15-22)13-19-7-4-3-5-8-19/h3-5,7-8,16H,6,9-15H2,1-2H3. The second-order valence-corrected chi connectivity index (χ2v) is 8.17. The van der Waals surface area contributed by atoms with Gasteiger partial charge in [0.2, 0.25) is 5.91 Å². The fraction of sp³-hybridized carbons (Fsp3) is 0.500. The number of hydrogen-bond donors (Lipinski definition) is 0. The van der Waals surface area contributed by atoms with Crippen molar-refractivity contribution in [2.24, 2.45) is 5.41 Å². The zero-order valence-corrected chi connectivity index (χ0v) is 16.3. The smallest absolute Gasteiger partial charge is 0.222 e. The topological polar surface area (TPSA) is 49.3 Å². The Labute approximate surface area is 161 Å². The molecule has 1 unspecified atom stereocenters. The van der Waals surface area contributed by atoms with Crippen LogP contribution in [0.15, 0.2) is 36.7 Å². The number of rotatable bonds is 3. The molecule has 27 heavy (non-hydrogen) atoms. The lowest BCUT2D eigenvalue weighted by molar-refractivity contribution is -0.138. The summed E-state index contributed by atoms with van der Waals surface area (Å²) in [6, 6.07) is 10.3. The molecule has 1 spiro atoms. The van der Waals surface area contributed by atoms with Crippen LogP contribution in [0.4, 0.5) is 5.82 Å². The molecule has 5 nitrogen and oxygen atoms in total. The van der Waals surface area contributed by atoms with Crippen LogP contribution < -0.4 is 4.90 Å². The molecule has 5 heteroatoms. The molecule has 4 rings (SSSR count). The Morgan fingerprint density at radius 2 is 1.89 bits per heavy atom. The molecule has 2 aromatic rings. The summed E-state index contributed by atoms with van der Waals surface area (Å²) in [5.74, 6) is 1.35. The summed E-state index contributed by atoms with van der Waals surface area (Å²) >= 11 is 0. The van der Waals surface area contributed by atoms with E-state index in [9.17, 15) is 4.79 Å². The lowest BCUT2D eigenvalue weighted by Crippen LogP contribution is -2.54. The molecule has 0 aliphatic carbocycles. The van der Waals surface area contributed by atoms with E-state index in [1.807, 2.05) is 25.1 Å². The highest BCUT2D eigenvalue weighted by Gasteiger charge is 2.42. The van der Waals surface area contributed by atoms with Crippen molar-refractivity contribution in [1.82, 2.24) is 14.9 Å². The third-order valence-electron chi connectivity index (χ3n) is 6.23. The average Bonchev–Trinajstić information content (AvgIpc) is 2.68. The Morgan fingerprint density at radius 1 is 1.07 bits per heavy atom. The van der Waals surface area contributed by atoms with Gasteiger partial charge in [-0.3, -0.25) is 4.79 Å². The van der Waals surface area contributed by atoms with Gasteiger partial charge in [0.05, 0.1) is 0 Å². The lowest BCUT2D eigenvalue weighted by Gasteiger charge is -2.48. The first-order valence-corrected chi connectivity index (χ1v) is 9.91. The predicted molar refractivity (Wildman–Crippen MR) is 106 cm³/mol. The summed E-state index contributed by atoms with van der Waals surface area (Å²) in [6.07, 6.45) is 5.64. The van der Waals surface area contributed by atoms with Crippen LogP contribution in [0, 0.1) is 19.3 Å². The van der Waals surface area contributed by atoms with E-state index in [-0.39, 0.29) is 11.3 Å². The monoisotopic (exact) mass is 364 g/mol. The predicted octanol–water partition coefficient (Wildman–Crippen LogP) is 3.50. The van der Waals surface area contributed by atoms with Crippen LogP contribution in [0.5, 0.6) is 0 Å². The van der Waals surface area contributed by atoms with Crippen molar-refractivity contribution in [2.75, 3.05) is 24.5 Å². The van der Waals surface area contributed by atoms with Crippen molar-refractivity contribution in [2.45, 2.75) is 46.1 Å². The fourth-order valence-corrected chi connectivity index (χ4v) is 4.62. The van der Waals surface area contributed by atoms with E-state index in [4.69, 9.17) is 0 Å². The number of anilines is 1. The van der Waals surface area contributed by atoms with E-state index in [1.165, 1.54) is 17.5 Å². The quantitative estimate of drug-likeness (QED) is 0.836. The highest BCUT2D eigenvalue weighted by molar-refractivity contribution is 5.77. The zero-order valence-electron chi connectivity index (χ0n) is 16.3. The van der Waals surface area contributed by atoms with E-state index in [0.717, 1.165) is 44.0 Å². The van der Waals surface area contributed by atoms with E-state index in [2.05, 4.69) is 38.8 Å². The molecule has 2 fully saturated rings. The van der Waals surface area contributed by atoms with Gasteiger partial charge in [-0.2, -0.15) is 0 Å². The Bertz CT molecular complexity index is 822. The van der Waals surface area contributed by atoms with Crippen LogP contribution in [-0.2, 0) is 11.3 Å². The van der Waals surface area contributed by atoms with Crippen molar-refractivity contribution < 1.29 is 4.79 Å². The number of aryl methyl sites for hydroxylation is 1. The van der Waals surface area contributed by atoms with Crippen LogP contribution in [-0.4, -0.2) is 40.4 Å². The molecule has 0 saturated carbocycles. The number of aromatic nitrogens is 2. The normalized spacial score (nSPS) is 23.1. The van der Waals surface area contributed by atoms with Gasteiger partial charge in [0.15, 0.2) is 0 Å². The van der Waals surface area contributed by atoms with Crippen LogP contribution in [0.1, 0.15) is 42.5 Å². The Hall–Kier alpha value is -2.43. The molecule has 1 aromatic carbocycles. The molecule has 2 aliphatic heterocycles. The number of amides is 1. The third-order valence-corrected chi connectivity index (χ3v) is 6.23. The van der Waals surface area contributed by atoms with Gasteiger partial charge in [0.25, 0.3) is 0 Å². The van der Waals surface area contributed by atoms with Gasteiger partial charge in [-0.15, -0.1) is 0 Å². The zero-order chi connectivity index (χ0) is 18.9. The number of piperidine rings is 2. The number of nitrogens with zero attached hydrogens (tertiary/aromatic N) is 4. The van der Waals surface area contributed by atoms with Gasteiger partial charge in [0.1, 0.15) is 12.1 Å². The largest absolute Gasteiger partial charge is 0.356 e. The first-order chi connectivity index (χ1) is 13.1. The fourth-order valence-electron chi connectivity index (χ4n) is 4.62. The molecule has 2 aliphatic rings. The highest BCUT2D eigenvalue weighted by Crippen LogP contribution is 2.40. The molecule has 142 valence electrons. The number of hydrogen-bond acceptors (Lipinski definition) is 4. The Morgan fingerprint density at radius 3 is 2.70 bits per heavy atom. The van der Waals surface area contributed by atoms with Gasteiger partial charge in [-0.1, -0.05) is 30.3 Å². The summed E-state index contributed by atoms with van der Waals surface area (Å²) in [4.78, 5) is 26.0. The molecule has 1 aromatic heterocycles. The minimum absolute atomic E-state index is 0.173. The van der Waals surface area contributed by atoms with Crippen molar-refractivity contribution in [3.63, 3.8) is 0 Å². The number of carbonyl (C=O) groups is 1. The van der Waals surface area contributed by atoms with Crippen LogP contribution in [0.25, 0.3) is 0 Å². The van der Waals surface area contributed by atoms with Crippen molar-refractivity contribution in [3.8, 4) is 0 Å². The van der Waals surface area contributed by atoms with Gasteiger partial charge in [-0.25, -0.2) is 9.97 Å². The highest BCUT2D eigenvalue weighted by atomic mass is 16.2. The first-order valence-electron chi connectivity index (χ1n) is 9.91. The first kappa shape index (κ1) is 18.0. The maximum Gasteiger partial charge on any atom is 0.222 e. The van der Waals surface area contributed by atoms with Crippen molar-refractivity contribution >= 4 is 11.7 Å². The maximum absolute atomic E-state index is 12.6. The Balaban J connectivity index is 1.53. The summed E-state index contributed by atoms with van der Waals surface area (Å²) in [5, 5.41) is 0. The van der Waals surface area contributed by atoms with Crippen molar-refractivity contribution in [1.29, 1.82) is 0 Å². The van der Waals surface area contributed by atoms with E-state index >= 15 is 0 Å². The van der Waals surface area contributed by atoms with E-state index in [0.29, 0.717) is 13.0 Å². The molecular weight excluding hydrogens is 336 g/mol.